The molecule has 9 heavy (non-hydrogen) atoms. The molecule has 0 aromatic carbocycles. The zero-order chi connectivity index (χ0) is 6.91. The van der Waals surface area contributed by atoms with Gasteiger partial charge in [0.2, 0.25) is 0 Å². The first-order valence-corrected chi connectivity index (χ1v) is 2.39. The third kappa shape index (κ3) is 0.826. The van der Waals surface area contributed by atoms with E-state index >= 15 is 0 Å². The van der Waals surface area contributed by atoms with Gasteiger partial charge in [-0.1, -0.05) is 0 Å². The van der Waals surface area contributed by atoms with E-state index in [2.05, 4.69) is 9.47 Å². The Bertz CT molecular complexity index is 152. The lowest BCUT2D eigenvalue weighted by Gasteiger charge is -2.16. The zero-order valence-corrected chi connectivity index (χ0v) is 4.83. The molecule has 1 heterocycles. The molecule has 1 rings (SSSR count). The largest absolute Gasteiger partial charge is 0.475 e. The van der Waals surface area contributed by atoms with Crippen LogP contribution in [0, 0.1) is 0 Å². The highest BCUT2D eigenvalue weighted by molar-refractivity contribution is 5.75. The molecule has 0 amide bonds. The summed E-state index contributed by atoms with van der Waals surface area (Å²) in [5.41, 5.74) is 0. The molecule has 4 nitrogen and oxygen atoms in total. The first kappa shape index (κ1) is 5.94. The number of hydrogen-bond acceptors (Lipinski definition) is 3. The maximum Gasteiger partial charge on any atom is 0.390 e. The van der Waals surface area contributed by atoms with Crippen molar-refractivity contribution in [2.45, 2.75) is 12.7 Å². The molecule has 0 aromatic heterocycles. The van der Waals surface area contributed by atoms with Crippen LogP contribution < -0.4 is 0 Å². The molecule has 0 aliphatic carbocycles. The molecular formula is C5H6O4. The Morgan fingerprint density at radius 1 is 1.56 bits per heavy atom. The van der Waals surface area contributed by atoms with E-state index in [1.807, 2.05) is 0 Å². The second-order valence-corrected chi connectivity index (χ2v) is 1.76. The zero-order valence-electron chi connectivity index (χ0n) is 4.83. The van der Waals surface area contributed by atoms with Gasteiger partial charge in [-0.05, 0) is 0 Å². The van der Waals surface area contributed by atoms with Crippen LogP contribution in [0.3, 0.4) is 0 Å². The van der Waals surface area contributed by atoms with Gasteiger partial charge in [0.05, 0.1) is 0 Å². The lowest BCUT2D eigenvalue weighted by Crippen LogP contribution is -2.35. The van der Waals surface area contributed by atoms with Gasteiger partial charge in [-0.15, -0.1) is 0 Å². The van der Waals surface area contributed by atoms with Crippen LogP contribution in [-0.4, -0.2) is 16.9 Å². The van der Waals surface area contributed by atoms with Crippen LogP contribution in [0.15, 0.2) is 12.5 Å². The van der Waals surface area contributed by atoms with Crippen LogP contribution in [0.4, 0.5) is 0 Å². The van der Waals surface area contributed by atoms with Gasteiger partial charge in [-0.2, -0.15) is 0 Å². The van der Waals surface area contributed by atoms with Crippen molar-refractivity contribution in [3.05, 3.63) is 12.5 Å². The third-order valence-corrected chi connectivity index (χ3v) is 1.03. The van der Waals surface area contributed by atoms with Crippen molar-refractivity contribution in [1.29, 1.82) is 0 Å². The summed E-state index contributed by atoms with van der Waals surface area (Å²) in [7, 11) is 0. The van der Waals surface area contributed by atoms with E-state index in [0.29, 0.717) is 0 Å². The van der Waals surface area contributed by atoms with Crippen LogP contribution in [0.1, 0.15) is 6.92 Å². The Hall–Kier alpha value is -1.19. The number of carboxylic acids is 1. The van der Waals surface area contributed by atoms with Gasteiger partial charge in [-0.3, -0.25) is 0 Å². The number of rotatable bonds is 1. The molecule has 0 fully saturated rings. The van der Waals surface area contributed by atoms with Gasteiger partial charge in [0.25, 0.3) is 0 Å². The average molecular weight is 130 g/mol. The maximum atomic E-state index is 10.2. The fourth-order valence-corrected chi connectivity index (χ4v) is 0.444. The Morgan fingerprint density at radius 2 is 2.00 bits per heavy atom. The Balaban J connectivity index is 2.66. The van der Waals surface area contributed by atoms with Gasteiger partial charge in [0.15, 0.2) is 0 Å². The predicted octanol–water partition coefficient (Wildman–Crippen LogP) is 0.305. The minimum atomic E-state index is -1.50. The highest BCUT2D eigenvalue weighted by Gasteiger charge is 2.38. The predicted molar refractivity (Wildman–Crippen MR) is 27.4 cm³/mol. The van der Waals surface area contributed by atoms with Gasteiger partial charge < -0.3 is 14.6 Å². The average Bonchev–Trinajstić information content (AvgIpc) is 2.16. The van der Waals surface area contributed by atoms with Gasteiger partial charge in [-0.25, -0.2) is 4.79 Å². The molecule has 4 heteroatoms. The quantitative estimate of drug-likeness (QED) is 0.554. The van der Waals surface area contributed by atoms with Gasteiger partial charge in [0, 0.05) is 6.92 Å². The van der Waals surface area contributed by atoms with Gasteiger partial charge >= 0.3 is 11.8 Å². The summed E-state index contributed by atoms with van der Waals surface area (Å²) < 4.78 is 9.20. The van der Waals surface area contributed by atoms with Crippen molar-refractivity contribution < 1.29 is 19.4 Å². The van der Waals surface area contributed by atoms with Crippen molar-refractivity contribution in [3.8, 4) is 0 Å². The van der Waals surface area contributed by atoms with Crippen molar-refractivity contribution >= 4 is 5.97 Å². The first-order chi connectivity index (χ1) is 4.15. The molecule has 0 aromatic rings. The lowest BCUT2D eigenvalue weighted by atomic mass is 10.3. The summed E-state index contributed by atoms with van der Waals surface area (Å²) in [6.45, 7) is 1.33. The summed E-state index contributed by atoms with van der Waals surface area (Å²) in [5, 5.41) is 8.38. The number of carbonyl (C=O) groups is 1. The molecule has 50 valence electrons. The monoisotopic (exact) mass is 130 g/mol. The molecule has 0 bridgehead atoms. The normalized spacial score (nSPS) is 20.6. The fraction of sp³-hybridized carbons (Fsp3) is 0.400. The van der Waals surface area contributed by atoms with E-state index in [0.717, 1.165) is 0 Å². The summed E-state index contributed by atoms with van der Waals surface area (Å²) in [6, 6.07) is 0. The standard InChI is InChI=1S/C5H6O4/c1-5(4(6)7)8-2-3-9-5/h2-3H,1H3,(H,6,7). The summed E-state index contributed by atoms with van der Waals surface area (Å²) in [4.78, 5) is 10.2. The SMILES string of the molecule is CC1(C(=O)O)OC=CO1. The molecular weight excluding hydrogens is 124 g/mol. The highest BCUT2D eigenvalue weighted by atomic mass is 16.7. The Morgan fingerprint density at radius 3 is 2.22 bits per heavy atom. The molecule has 0 spiro atoms. The molecule has 0 saturated heterocycles. The lowest BCUT2D eigenvalue weighted by molar-refractivity contribution is -0.189. The van der Waals surface area contributed by atoms with Crippen molar-refractivity contribution in [3.63, 3.8) is 0 Å². The molecule has 0 radical (unpaired) electrons. The third-order valence-electron chi connectivity index (χ3n) is 1.03. The Labute approximate surface area is 51.7 Å². The molecule has 0 unspecified atom stereocenters. The molecule has 1 aliphatic heterocycles. The van der Waals surface area contributed by atoms with Crippen LogP contribution >= 0.6 is 0 Å². The molecule has 0 saturated carbocycles. The Kier molecular flexibility index (Phi) is 1.09. The second kappa shape index (κ2) is 1.65. The van der Waals surface area contributed by atoms with E-state index in [-0.39, 0.29) is 0 Å². The topological polar surface area (TPSA) is 55.8 Å². The smallest absolute Gasteiger partial charge is 0.390 e. The van der Waals surface area contributed by atoms with Gasteiger partial charge in [0.1, 0.15) is 12.5 Å². The van der Waals surface area contributed by atoms with Crippen LogP contribution in [0.5, 0.6) is 0 Å². The maximum absolute atomic E-state index is 10.2. The molecule has 1 aliphatic rings. The number of carboxylic acid groups (broad SMARTS) is 1. The van der Waals surface area contributed by atoms with E-state index in [1.165, 1.54) is 19.4 Å². The van der Waals surface area contributed by atoms with Crippen molar-refractivity contribution in [2.75, 3.05) is 0 Å². The number of ether oxygens (including phenoxy) is 2. The number of hydrogen-bond donors (Lipinski definition) is 1. The fourth-order valence-electron chi connectivity index (χ4n) is 0.444. The first-order valence-electron chi connectivity index (χ1n) is 2.39. The van der Waals surface area contributed by atoms with E-state index in [4.69, 9.17) is 5.11 Å². The summed E-state index contributed by atoms with van der Waals surface area (Å²) in [5.74, 6) is -2.63. The molecule has 1 N–H and O–H groups in total. The second-order valence-electron chi connectivity index (χ2n) is 1.76. The summed E-state index contributed by atoms with van der Waals surface area (Å²) >= 11 is 0. The number of aliphatic carboxylic acids is 1. The van der Waals surface area contributed by atoms with E-state index in [9.17, 15) is 4.79 Å². The van der Waals surface area contributed by atoms with E-state index in [1.54, 1.807) is 0 Å². The van der Waals surface area contributed by atoms with Crippen molar-refractivity contribution in [2.24, 2.45) is 0 Å². The van der Waals surface area contributed by atoms with Crippen LogP contribution in [0.2, 0.25) is 0 Å². The molecule has 0 atom stereocenters. The van der Waals surface area contributed by atoms with Crippen molar-refractivity contribution in [1.82, 2.24) is 0 Å². The van der Waals surface area contributed by atoms with Crippen LogP contribution in [0.25, 0.3) is 0 Å². The van der Waals surface area contributed by atoms with Crippen LogP contribution in [-0.2, 0) is 14.3 Å². The van der Waals surface area contributed by atoms with E-state index < -0.39 is 11.8 Å². The highest BCUT2D eigenvalue weighted by Crippen LogP contribution is 2.18. The summed E-state index contributed by atoms with van der Waals surface area (Å²) in [6.07, 6.45) is 2.41. The minimum Gasteiger partial charge on any atom is -0.475 e. The minimum absolute atomic E-state index is 1.13.